The molecule has 2 heterocycles. The summed E-state index contributed by atoms with van der Waals surface area (Å²) in [4.78, 5) is 12.4. The van der Waals surface area contributed by atoms with E-state index in [1.807, 2.05) is 0 Å². The molecule has 1 fully saturated rings. The molecule has 1 aliphatic carbocycles. The van der Waals surface area contributed by atoms with Crippen LogP contribution in [0.2, 0.25) is 5.02 Å². The number of methoxy groups -OCH3 is 1. The summed E-state index contributed by atoms with van der Waals surface area (Å²) in [7, 11) is 3.38. The third-order valence-electron chi connectivity index (χ3n) is 4.65. The van der Waals surface area contributed by atoms with Crippen molar-refractivity contribution >= 4 is 44.2 Å². The molecule has 1 saturated carbocycles. The lowest BCUT2D eigenvalue weighted by Gasteiger charge is -2.14. The van der Waals surface area contributed by atoms with E-state index in [1.54, 1.807) is 32.5 Å². The summed E-state index contributed by atoms with van der Waals surface area (Å²) < 4.78 is 12.0. The molecule has 30 heavy (non-hydrogen) atoms. The van der Waals surface area contributed by atoms with Crippen molar-refractivity contribution in [2.45, 2.75) is 44.8 Å². The maximum atomic E-state index is 8.91. The Kier molecular flexibility index (Phi) is 7.89. The van der Waals surface area contributed by atoms with Crippen LogP contribution in [-0.4, -0.2) is 40.3 Å². The summed E-state index contributed by atoms with van der Waals surface area (Å²) in [5, 5.41) is 13.1. The largest absolute Gasteiger partial charge is 0.494 e. The third kappa shape index (κ3) is 5.62. The van der Waals surface area contributed by atoms with Crippen LogP contribution in [0.1, 0.15) is 37.8 Å². The lowest BCUT2D eigenvalue weighted by atomic mass is 9.98. The van der Waals surface area contributed by atoms with Crippen molar-refractivity contribution in [3.63, 3.8) is 0 Å². The first-order valence-corrected chi connectivity index (χ1v) is 10.9. The second kappa shape index (κ2) is 10.6. The smallest absolute Gasteiger partial charge is 0.220 e. The molecule has 0 atom stereocenters. The van der Waals surface area contributed by atoms with Crippen LogP contribution in [0.15, 0.2) is 18.3 Å². The van der Waals surface area contributed by atoms with Gasteiger partial charge in [0.25, 0.3) is 0 Å². The molecule has 8 nitrogen and oxygen atoms in total. The number of halogens is 1. The molecular weight excluding hydrogens is 426 g/mol. The highest BCUT2D eigenvalue weighted by Gasteiger charge is 2.17. The lowest BCUT2D eigenvalue weighted by molar-refractivity contribution is 0.130. The minimum absolute atomic E-state index is 0.0359. The molecule has 4 rings (SSSR count). The van der Waals surface area contributed by atoms with E-state index in [-0.39, 0.29) is 18.7 Å². The Bertz CT molecular complexity index is 978. The SMILES string of the molecule is CNc1nc2c(OC)cc(OCc3ccnc(N)n3)c(Cl)c2s1.OC1CCCCC1. The van der Waals surface area contributed by atoms with Gasteiger partial charge in [0, 0.05) is 19.3 Å². The number of ether oxygens (including phenoxy) is 2. The number of rotatable bonds is 5. The monoisotopic (exact) mass is 451 g/mol. The number of aromatic nitrogens is 3. The third-order valence-corrected chi connectivity index (χ3v) is 6.23. The van der Waals surface area contributed by atoms with Crippen LogP contribution in [0.25, 0.3) is 10.2 Å². The number of hydrogen-bond donors (Lipinski definition) is 3. The second-order valence-electron chi connectivity index (χ2n) is 6.82. The first-order chi connectivity index (χ1) is 14.5. The van der Waals surface area contributed by atoms with E-state index in [4.69, 9.17) is 31.9 Å². The number of thiazole rings is 1. The summed E-state index contributed by atoms with van der Waals surface area (Å²) in [5.74, 6) is 1.30. The number of nitrogens with zero attached hydrogens (tertiary/aromatic N) is 3. The first-order valence-electron chi connectivity index (χ1n) is 9.74. The van der Waals surface area contributed by atoms with E-state index in [2.05, 4.69) is 20.3 Å². The van der Waals surface area contributed by atoms with E-state index in [0.29, 0.717) is 27.7 Å². The van der Waals surface area contributed by atoms with Crippen molar-refractivity contribution < 1.29 is 14.6 Å². The minimum Gasteiger partial charge on any atom is -0.494 e. The number of fused-ring (bicyclic) bond motifs is 1. The van der Waals surface area contributed by atoms with Crippen LogP contribution < -0.4 is 20.5 Å². The van der Waals surface area contributed by atoms with Crippen molar-refractivity contribution in [1.82, 2.24) is 15.0 Å². The van der Waals surface area contributed by atoms with Crippen LogP contribution in [0, 0.1) is 0 Å². The van der Waals surface area contributed by atoms with Crippen LogP contribution in [-0.2, 0) is 6.61 Å². The van der Waals surface area contributed by atoms with E-state index in [9.17, 15) is 0 Å². The zero-order valence-corrected chi connectivity index (χ0v) is 18.6. The number of aliphatic hydroxyl groups is 1. The van der Waals surface area contributed by atoms with Crippen molar-refractivity contribution in [3.8, 4) is 11.5 Å². The highest BCUT2D eigenvalue weighted by molar-refractivity contribution is 7.22. The topological polar surface area (TPSA) is 115 Å². The summed E-state index contributed by atoms with van der Waals surface area (Å²) in [5.41, 5.74) is 6.92. The molecule has 162 valence electrons. The van der Waals surface area contributed by atoms with E-state index < -0.39 is 0 Å². The van der Waals surface area contributed by atoms with Gasteiger partial charge in [-0.15, -0.1) is 0 Å². The number of hydrogen-bond acceptors (Lipinski definition) is 9. The highest BCUT2D eigenvalue weighted by Crippen LogP contribution is 2.43. The Hall–Kier alpha value is -2.36. The van der Waals surface area contributed by atoms with Crippen molar-refractivity contribution in [2.75, 3.05) is 25.2 Å². The predicted molar refractivity (Wildman–Crippen MR) is 121 cm³/mol. The Morgan fingerprint density at radius 3 is 2.63 bits per heavy atom. The fourth-order valence-corrected chi connectivity index (χ4v) is 4.27. The maximum Gasteiger partial charge on any atom is 0.220 e. The van der Waals surface area contributed by atoms with Gasteiger partial charge in [0.15, 0.2) is 5.13 Å². The fourth-order valence-electron chi connectivity index (χ4n) is 3.09. The molecule has 10 heteroatoms. The van der Waals surface area contributed by atoms with Crippen molar-refractivity contribution in [1.29, 1.82) is 0 Å². The maximum absolute atomic E-state index is 8.91. The van der Waals surface area contributed by atoms with Gasteiger partial charge in [-0.1, -0.05) is 42.2 Å². The zero-order valence-electron chi connectivity index (χ0n) is 17.0. The van der Waals surface area contributed by atoms with E-state index in [0.717, 1.165) is 22.7 Å². The molecule has 0 amide bonds. The van der Waals surface area contributed by atoms with Gasteiger partial charge < -0.3 is 25.6 Å². The molecule has 0 unspecified atom stereocenters. The molecule has 0 saturated heterocycles. The summed E-state index contributed by atoms with van der Waals surface area (Å²) in [6, 6.07) is 3.44. The predicted octanol–water partition coefficient (Wildman–Crippen LogP) is 4.26. The van der Waals surface area contributed by atoms with Gasteiger partial charge in [-0.05, 0) is 18.9 Å². The molecule has 3 aromatic rings. The number of nitrogens with two attached hydrogens (primary N) is 1. The number of benzene rings is 1. The van der Waals surface area contributed by atoms with Gasteiger partial charge >= 0.3 is 0 Å². The normalized spacial score (nSPS) is 14.1. The molecular formula is C20H26ClN5O3S. The quantitative estimate of drug-likeness (QED) is 0.526. The Balaban J connectivity index is 0.000000310. The fraction of sp³-hybridized carbons (Fsp3) is 0.450. The Labute approximate surface area is 184 Å². The lowest BCUT2D eigenvalue weighted by Crippen LogP contribution is -2.09. The summed E-state index contributed by atoms with van der Waals surface area (Å²) in [6.45, 7) is 0.221. The van der Waals surface area contributed by atoms with Crippen LogP contribution in [0.5, 0.6) is 11.5 Å². The van der Waals surface area contributed by atoms with E-state index in [1.165, 1.54) is 30.6 Å². The van der Waals surface area contributed by atoms with Crippen molar-refractivity contribution in [3.05, 3.63) is 29.0 Å². The van der Waals surface area contributed by atoms with Gasteiger partial charge in [0.05, 0.1) is 23.6 Å². The second-order valence-corrected chi connectivity index (χ2v) is 8.20. The molecule has 2 aromatic heterocycles. The zero-order chi connectivity index (χ0) is 21.5. The highest BCUT2D eigenvalue weighted by atomic mass is 35.5. The van der Waals surface area contributed by atoms with Gasteiger partial charge in [-0.25, -0.2) is 15.0 Å². The van der Waals surface area contributed by atoms with Gasteiger partial charge in [0.2, 0.25) is 5.95 Å². The molecule has 1 aliphatic rings. The Morgan fingerprint density at radius 1 is 1.27 bits per heavy atom. The van der Waals surface area contributed by atoms with Crippen molar-refractivity contribution in [2.24, 2.45) is 0 Å². The Morgan fingerprint density at radius 2 is 2.03 bits per heavy atom. The number of nitrogen functional groups attached to an aromatic ring is 1. The number of aliphatic hydroxyl groups excluding tert-OH is 1. The molecule has 1 aromatic carbocycles. The summed E-state index contributed by atoms with van der Waals surface area (Å²) in [6.07, 6.45) is 7.50. The van der Waals surface area contributed by atoms with Gasteiger partial charge in [-0.2, -0.15) is 0 Å². The van der Waals surface area contributed by atoms with Gasteiger partial charge in [0.1, 0.15) is 28.6 Å². The van der Waals surface area contributed by atoms with E-state index >= 15 is 0 Å². The molecule has 4 N–H and O–H groups in total. The molecule has 0 aliphatic heterocycles. The summed E-state index contributed by atoms with van der Waals surface area (Å²) >= 11 is 7.87. The number of nitrogens with one attached hydrogen (secondary N) is 1. The van der Waals surface area contributed by atoms with Crippen LogP contribution >= 0.6 is 22.9 Å². The van der Waals surface area contributed by atoms with Crippen LogP contribution in [0.3, 0.4) is 0 Å². The average Bonchev–Trinajstić information content (AvgIpc) is 3.20. The molecule has 0 bridgehead atoms. The van der Waals surface area contributed by atoms with Crippen LogP contribution in [0.4, 0.5) is 11.1 Å². The molecule has 0 spiro atoms. The average molecular weight is 452 g/mol. The molecule has 0 radical (unpaired) electrons. The standard InChI is InChI=1S/C14H14ClN5O2S.C6H12O/c1-17-14-20-11-9(21-2)5-8(10(15)12(11)23-14)22-6-7-3-4-18-13(16)19-7;7-6-4-2-1-3-5-6/h3-5H,6H2,1-2H3,(H,17,20)(H2,16,18,19);6-7H,1-5H2. The van der Waals surface area contributed by atoms with Gasteiger partial charge in [-0.3, -0.25) is 0 Å². The first kappa shape index (κ1) is 22.3. The minimum atomic E-state index is 0.0359. The number of anilines is 2.